The maximum absolute atomic E-state index is 12.3. The van der Waals surface area contributed by atoms with Crippen LogP contribution in [0.4, 0.5) is 13.2 Å². The van der Waals surface area contributed by atoms with Crippen LogP contribution >= 0.6 is 0 Å². The highest BCUT2D eigenvalue weighted by molar-refractivity contribution is 5.04. The van der Waals surface area contributed by atoms with Crippen molar-refractivity contribution in [3.05, 3.63) is 12.7 Å². The predicted octanol–water partition coefficient (Wildman–Crippen LogP) is 3.05. The minimum Gasteiger partial charge on any atom is -0.356 e. The van der Waals surface area contributed by atoms with E-state index in [1.54, 1.807) is 0 Å². The zero-order chi connectivity index (χ0) is 13.8. The van der Waals surface area contributed by atoms with Crippen LogP contribution in [0, 0.1) is 0 Å². The van der Waals surface area contributed by atoms with Gasteiger partial charge in [0, 0.05) is 6.42 Å². The zero-order valence-corrected chi connectivity index (χ0v) is 10.6. The average molecular weight is 268 g/mol. The fraction of sp³-hybridized carbons (Fsp3) is 0.833. The molecule has 2 saturated heterocycles. The molecule has 0 spiro atoms. The summed E-state index contributed by atoms with van der Waals surface area (Å²) >= 11 is 0. The molecule has 2 fully saturated rings. The fourth-order valence-electron chi connectivity index (χ4n) is 1.29. The van der Waals surface area contributed by atoms with Crippen LogP contribution in [0.2, 0.25) is 0 Å². The molecule has 106 valence electrons. The molecule has 18 heavy (non-hydrogen) atoms. The molecule has 2 aliphatic rings. The van der Waals surface area contributed by atoms with Gasteiger partial charge in [-0.15, -0.1) is 6.58 Å². The lowest BCUT2D eigenvalue weighted by molar-refractivity contribution is -0.178. The summed E-state index contributed by atoms with van der Waals surface area (Å²) in [6.45, 7) is 7.40. The number of hydrogen-bond acceptors (Lipinski definition) is 3. The molecule has 2 rings (SSSR count). The minimum absolute atomic E-state index is 0.203. The Morgan fingerprint density at radius 3 is 2.39 bits per heavy atom. The standard InChI is InChI=1S/C8H11F3O3.C4H8/c1-7(8(9,10)11)5(14-7)2-3-12-6-4-13-6;1-3-4-2/h5-6H,2-4H2,1H3;3H,1,4H2,2H3. The molecular formula is C12H19F3O3. The second-order valence-corrected chi connectivity index (χ2v) is 4.33. The molecule has 0 saturated carbocycles. The molecule has 0 N–H and O–H groups in total. The van der Waals surface area contributed by atoms with Gasteiger partial charge >= 0.3 is 6.18 Å². The lowest BCUT2D eigenvalue weighted by atomic mass is 10.1. The van der Waals surface area contributed by atoms with Gasteiger partial charge in [-0.05, 0) is 13.3 Å². The number of hydrogen-bond donors (Lipinski definition) is 0. The summed E-state index contributed by atoms with van der Waals surface area (Å²) in [5.41, 5.74) is -1.96. The van der Waals surface area contributed by atoms with Gasteiger partial charge in [0.15, 0.2) is 11.9 Å². The molecule has 6 heteroatoms. The smallest absolute Gasteiger partial charge is 0.356 e. The van der Waals surface area contributed by atoms with Crippen molar-refractivity contribution in [2.24, 2.45) is 0 Å². The van der Waals surface area contributed by atoms with Gasteiger partial charge in [-0.25, -0.2) is 0 Å². The van der Waals surface area contributed by atoms with Gasteiger partial charge in [-0.2, -0.15) is 13.2 Å². The van der Waals surface area contributed by atoms with Gasteiger partial charge < -0.3 is 14.2 Å². The van der Waals surface area contributed by atoms with Crippen LogP contribution in [0.5, 0.6) is 0 Å². The van der Waals surface area contributed by atoms with Crippen molar-refractivity contribution in [1.29, 1.82) is 0 Å². The molecule has 3 nitrogen and oxygen atoms in total. The van der Waals surface area contributed by atoms with E-state index >= 15 is 0 Å². The molecule has 2 heterocycles. The molecule has 0 aliphatic carbocycles. The maximum Gasteiger partial charge on any atom is 0.419 e. The number of halogens is 3. The Bertz CT molecular complexity index is 276. The molecule has 3 unspecified atom stereocenters. The summed E-state index contributed by atoms with van der Waals surface area (Å²) in [4.78, 5) is 0. The Hall–Kier alpha value is -0.590. The van der Waals surface area contributed by atoms with Gasteiger partial charge in [-0.1, -0.05) is 13.0 Å². The predicted molar refractivity (Wildman–Crippen MR) is 60.1 cm³/mol. The van der Waals surface area contributed by atoms with Gasteiger partial charge in [0.1, 0.15) is 6.61 Å². The van der Waals surface area contributed by atoms with E-state index in [0.717, 1.165) is 13.3 Å². The summed E-state index contributed by atoms with van der Waals surface area (Å²) in [6.07, 6.45) is -2.03. The van der Waals surface area contributed by atoms with E-state index in [1.807, 2.05) is 6.08 Å². The van der Waals surface area contributed by atoms with Crippen LogP contribution in [0.25, 0.3) is 0 Å². The molecule has 0 aromatic rings. The van der Waals surface area contributed by atoms with Crippen LogP contribution in [-0.4, -0.2) is 37.4 Å². The Balaban J connectivity index is 0.000000357. The quantitative estimate of drug-likeness (QED) is 0.567. The van der Waals surface area contributed by atoms with Crippen LogP contribution in [0.3, 0.4) is 0 Å². The first-order valence-corrected chi connectivity index (χ1v) is 5.93. The molecule has 0 amide bonds. The molecule has 0 radical (unpaired) electrons. The van der Waals surface area contributed by atoms with Crippen LogP contribution in [0.15, 0.2) is 12.7 Å². The zero-order valence-electron chi connectivity index (χ0n) is 10.6. The number of epoxide rings is 2. The Labute approximate surface area is 105 Å². The Morgan fingerprint density at radius 1 is 1.50 bits per heavy atom. The molecule has 0 bridgehead atoms. The first-order chi connectivity index (χ1) is 8.35. The van der Waals surface area contributed by atoms with Crippen molar-refractivity contribution in [3.63, 3.8) is 0 Å². The lowest BCUT2D eigenvalue weighted by Crippen LogP contribution is -2.32. The summed E-state index contributed by atoms with van der Waals surface area (Å²) < 4.78 is 51.3. The van der Waals surface area contributed by atoms with Crippen molar-refractivity contribution in [2.75, 3.05) is 13.2 Å². The van der Waals surface area contributed by atoms with E-state index in [-0.39, 0.29) is 19.3 Å². The third-order valence-electron chi connectivity index (χ3n) is 2.78. The van der Waals surface area contributed by atoms with Gasteiger partial charge in [0.25, 0.3) is 0 Å². The maximum atomic E-state index is 12.3. The van der Waals surface area contributed by atoms with E-state index in [0.29, 0.717) is 6.61 Å². The monoisotopic (exact) mass is 268 g/mol. The Kier molecular flexibility index (Phi) is 5.19. The fourth-order valence-corrected chi connectivity index (χ4v) is 1.29. The summed E-state index contributed by atoms with van der Waals surface area (Å²) in [6, 6.07) is 0. The molecule has 3 atom stereocenters. The number of ether oxygens (including phenoxy) is 3. The minimum atomic E-state index is -4.28. The molecule has 0 aromatic heterocycles. The SMILES string of the molecule is C=CCC.CC1(C(F)(F)F)OC1CCOC1CO1. The van der Waals surface area contributed by atoms with E-state index in [4.69, 9.17) is 9.47 Å². The van der Waals surface area contributed by atoms with Gasteiger partial charge in [0.05, 0.1) is 12.7 Å². The highest BCUT2D eigenvalue weighted by Gasteiger charge is 2.69. The summed E-state index contributed by atoms with van der Waals surface area (Å²) in [7, 11) is 0. The van der Waals surface area contributed by atoms with Crippen molar-refractivity contribution in [1.82, 2.24) is 0 Å². The normalized spacial score (nSPS) is 33.4. The third kappa shape index (κ3) is 4.26. The largest absolute Gasteiger partial charge is 0.419 e. The molecule has 0 aromatic carbocycles. The van der Waals surface area contributed by atoms with E-state index < -0.39 is 17.9 Å². The van der Waals surface area contributed by atoms with Crippen LogP contribution < -0.4 is 0 Å². The van der Waals surface area contributed by atoms with E-state index in [2.05, 4.69) is 18.2 Å². The van der Waals surface area contributed by atoms with E-state index in [1.165, 1.54) is 0 Å². The number of allylic oxidation sites excluding steroid dienone is 1. The summed E-state index contributed by atoms with van der Waals surface area (Å²) in [5.74, 6) is 0. The number of alkyl halides is 3. The molecular weight excluding hydrogens is 249 g/mol. The Morgan fingerprint density at radius 2 is 2.06 bits per heavy atom. The molecule has 2 aliphatic heterocycles. The topological polar surface area (TPSA) is 34.3 Å². The second-order valence-electron chi connectivity index (χ2n) is 4.33. The van der Waals surface area contributed by atoms with Crippen molar-refractivity contribution < 1.29 is 27.4 Å². The third-order valence-corrected chi connectivity index (χ3v) is 2.78. The number of rotatable bonds is 5. The van der Waals surface area contributed by atoms with Gasteiger partial charge in [0.2, 0.25) is 0 Å². The lowest BCUT2D eigenvalue weighted by Gasteiger charge is -2.10. The van der Waals surface area contributed by atoms with Crippen molar-refractivity contribution in [3.8, 4) is 0 Å². The highest BCUT2D eigenvalue weighted by atomic mass is 19.4. The first-order valence-electron chi connectivity index (χ1n) is 5.93. The van der Waals surface area contributed by atoms with Crippen molar-refractivity contribution in [2.45, 2.75) is 50.9 Å². The van der Waals surface area contributed by atoms with Crippen molar-refractivity contribution >= 4 is 0 Å². The second kappa shape index (κ2) is 6.04. The van der Waals surface area contributed by atoms with Crippen LogP contribution in [0.1, 0.15) is 26.7 Å². The highest BCUT2D eigenvalue weighted by Crippen LogP contribution is 2.50. The van der Waals surface area contributed by atoms with E-state index in [9.17, 15) is 13.2 Å². The van der Waals surface area contributed by atoms with Crippen LogP contribution in [-0.2, 0) is 14.2 Å². The first kappa shape index (κ1) is 15.5. The summed E-state index contributed by atoms with van der Waals surface area (Å²) in [5, 5.41) is 0. The average Bonchev–Trinajstić information content (AvgIpc) is 3.17. The van der Waals surface area contributed by atoms with Gasteiger partial charge in [-0.3, -0.25) is 0 Å².